The fraction of sp³-hybridized carbons (Fsp3) is 0.393. The number of Topliss-reactive ketones (excluding diaryl/α,β-unsaturated/α-hetero) is 1. The lowest BCUT2D eigenvalue weighted by atomic mass is 9.97. The summed E-state index contributed by atoms with van der Waals surface area (Å²) in [5, 5.41) is 24.2. The van der Waals surface area contributed by atoms with Crippen LogP contribution in [-0.2, 0) is 16.1 Å². The van der Waals surface area contributed by atoms with Crippen molar-refractivity contribution in [2.24, 2.45) is 5.92 Å². The van der Waals surface area contributed by atoms with Crippen LogP contribution in [0.3, 0.4) is 0 Å². The van der Waals surface area contributed by atoms with Gasteiger partial charge in [0, 0.05) is 31.0 Å². The third-order valence-electron chi connectivity index (χ3n) is 6.32. The van der Waals surface area contributed by atoms with Gasteiger partial charge in [0.05, 0.1) is 28.2 Å². The maximum atomic E-state index is 13.2. The zero-order valence-corrected chi connectivity index (χ0v) is 21.9. The van der Waals surface area contributed by atoms with Crippen LogP contribution in [0.5, 0.6) is 0 Å². The summed E-state index contributed by atoms with van der Waals surface area (Å²) >= 11 is 1.60. The molecule has 2 unspecified atom stereocenters. The average molecular weight is 510 g/mol. The number of aliphatic hydroxyl groups excluding tert-OH is 2. The normalized spacial score (nSPS) is 20.0. The van der Waals surface area contributed by atoms with E-state index in [0.29, 0.717) is 12.1 Å². The fourth-order valence-electron chi connectivity index (χ4n) is 4.42. The van der Waals surface area contributed by atoms with Gasteiger partial charge in [0.25, 0.3) is 0 Å². The number of hydrogen-bond acceptors (Lipinski definition) is 7. The number of rotatable bonds is 11. The molecule has 192 valence electrons. The van der Waals surface area contributed by atoms with Gasteiger partial charge >= 0.3 is 0 Å². The predicted molar refractivity (Wildman–Crippen MR) is 143 cm³/mol. The van der Waals surface area contributed by atoms with E-state index in [1.54, 1.807) is 42.6 Å². The average Bonchev–Trinajstić information content (AvgIpc) is 3.47. The minimum atomic E-state index is -1.02. The lowest BCUT2D eigenvalue weighted by Crippen LogP contribution is -2.50. The Kier molecular flexibility index (Phi) is 9.89. The SMILES string of the molecule is C=C/C=C(\C=C/C)C(=O)CC(C)C(=O)N1C[C@H](O)C[C@H]1C(O)NCc1ccc(-c2scnc2C)cc1. The monoisotopic (exact) mass is 509 g/mol. The summed E-state index contributed by atoms with van der Waals surface area (Å²) in [5.41, 5.74) is 5.40. The van der Waals surface area contributed by atoms with E-state index in [-0.39, 0.29) is 31.1 Å². The molecule has 0 radical (unpaired) electrons. The van der Waals surface area contributed by atoms with Gasteiger partial charge in [-0.05, 0) is 31.4 Å². The molecule has 0 bridgehead atoms. The summed E-state index contributed by atoms with van der Waals surface area (Å²) < 4.78 is 0. The van der Waals surface area contributed by atoms with Crippen LogP contribution in [0.1, 0.15) is 37.9 Å². The molecule has 0 aliphatic carbocycles. The van der Waals surface area contributed by atoms with E-state index in [9.17, 15) is 19.8 Å². The smallest absolute Gasteiger partial charge is 0.226 e. The molecule has 1 fully saturated rings. The standard InChI is InChI=1S/C28H35N3O4S/c1-5-7-21(8-6-2)25(33)13-18(3)28(35)31-16-23(32)14-24(31)27(34)29-15-20-9-11-22(12-10-20)26-19(4)30-17-36-26/h5-12,17-18,23-24,27,29,32,34H,1,13-16H2,2-4H3/b8-6-,21-7+/t18?,23-,24+,27?/m1/s1. The summed E-state index contributed by atoms with van der Waals surface area (Å²) in [6, 6.07) is 7.46. The summed E-state index contributed by atoms with van der Waals surface area (Å²) in [7, 11) is 0. The van der Waals surface area contributed by atoms with E-state index in [1.165, 1.54) is 4.90 Å². The van der Waals surface area contributed by atoms with E-state index < -0.39 is 24.3 Å². The van der Waals surface area contributed by atoms with Crippen molar-refractivity contribution in [3.63, 3.8) is 0 Å². The number of β-amino-alcohol motifs (C(OH)–C–C–N with tert-alkyl or cyclic N) is 1. The Morgan fingerprint density at radius 2 is 2.06 bits per heavy atom. The van der Waals surface area contributed by atoms with Crippen molar-refractivity contribution in [3.8, 4) is 10.4 Å². The maximum absolute atomic E-state index is 13.2. The summed E-state index contributed by atoms with van der Waals surface area (Å²) in [6.07, 6.45) is 5.20. The third-order valence-corrected chi connectivity index (χ3v) is 7.30. The number of ketones is 1. The minimum Gasteiger partial charge on any atom is -0.391 e. The van der Waals surface area contributed by atoms with Gasteiger partial charge in [-0.3, -0.25) is 14.9 Å². The second-order valence-electron chi connectivity index (χ2n) is 9.12. The number of carbonyl (C=O) groups excluding carboxylic acids is 2. The molecule has 8 heteroatoms. The molecule has 2 heterocycles. The van der Waals surface area contributed by atoms with Crippen molar-refractivity contribution >= 4 is 23.0 Å². The number of allylic oxidation sites excluding steroid dienone is 5. The maximum Gasteiger partial charge on any atom is 0.226 e. The van der Waals surface area contributed by atoms with E-state index in [1.807, 2.05) is 43.6 Å². The number of likely N-dealkylation sites (tertiary alicyclic amines) is 1. The first-order valence-corrected chi connectivity index (χ1v) is 13.0. The van der Waals surface area contributed by atoms with Gasteiger partial charge in [-0.15, -0.1) is 11.3 Å². The van der Waals surface area contributed by atoms with Crippen molar-refractivity contribution in [1.29, 1.82) is 0 Å². The molecule has 7 nitrogen and oxygen atoms in total. The Hall–Kier alpha value is -2.91. The van der Waals surface area contributed by atoms with Crippen molar-refractivity contribution in [1.82, 2.24) is 15.2 Å². The second kappa shape index (κ2) is 12.9. The summed E-state index contributed by atoms with van der Waals surface area (Å²) in [5.74, 6) is -0.993. The number of aryl methyl sites for hydroxylation is 1. The number of benzene rings is 1. The molecule has 3 N–H and O–H groups in total. The van der Waals surface area contributed by atoms with Crippen LogP contribution in [0.4, 0.5) is 0 Å². The van der Waals surface area contributed by atoms with Crippen molar-refractivity contribution < 1.29 is 19.8 Å². The van der Waals surface area contributed by atoms with Gasteiger partial charge in [0.2, 0.25) is 5.91 Å². The predicted octanol–water partition coefficient (Wildman–Crippen LogP) is 3.77. The van der Waals surface area contributed by atoms with Gasteiger partial charge in [0.1, 0.15) is 6.23 Å². The zero-order valence-electron chi connectivity index (χ0n) is 21.1. The molecule has 1 aromatic heterocycles. The first kappa shape index (κ1) is 27.7. The molecule has 36 heavy (non-hydrogen) atoms. The molecule has 1 aromatic carbocycles. The Morgan fingerprint density at radius 1 is 1.33 bits per heavy atom. The Bertz CT molecular complexity index is 1120. The molecule has 1 aliphatic heterocycles. The van der Waals surface area contributed by atoms with Crippen LogP contribution in [-0.4, -0.2) is 56.7 Å². The minimum absolute atomic E-state index is 0.0390. The molecule has 1 saturated heterocycles. The molecule has 4 atom stereocenters. The van der Waals surface area contributed by atoms with Gasteiger partial charge in [-0.25, -0.2) is 4.98 Å². The van der Waals surface area contributed by atoms with E-state index in [0.717, 1.165) is 21.7 Å². The van der Waals surface area contributed by atoms with E-state index in [4.69, 9.17) is 0 Å². The van der Waals surface area contributed by atoms with Gasteiger partial charge < -0.3 is 15.1 Å². The van der Waals surface area contributed by atoms with Crippen LogP contribution in [0.2, 0.25) is 0 Å². The fourth-order valence-corrected chi connectivity index (χ4v) is 5.23. The number of aromatic nitrogens is 1. The Morgan fingerprint density at radius 3 is 2.67 bits per heavy atom. The van der Waals surface area contributed by atoms with Crippen molar-refractivity contribution in [3.05, 3.63) is 77.5 Å². The number of nitrogens with zero attached hydrogens (tertiary/aromatic N) is 2. The lowest BCUT2D eigenvalue weighted by molar-refractivity contribution is -0.140. The molecule has 2 aromatic rings. The van der Waals surface area contributed by atoms with Crippen LogP contribution in [0.25, 0.3) is 10.4 Å². The number of amides is 1. The van der Waals surface area contributed by atoms with Crippen molar-refractivity contribution in [2.45, 2.75) is 58.5 Å². The van der Waals surface area contributed by atoms with Gasteiger partial charge in [-0.1, -0.05) is 62.1 Å². The number of nitrogens with one attached hydrogen (secondary N) is 1. The van der Waals surface area contributed by atoms with Crippen LogP contribution in [0.15, 0.2) is 66.2 Å². The molecule has 0 spiro atoms. The number of aliphatic hydroxyl groups is 2. The molecular formula is C28H35N3O4S. The molecular weight excluding hydrogens is 474 g/mol. The van der Waals surface area contributed by atoms with E-state index >= 15 is 0 Å². The highest BCUT2D eigenvalue weighted by Crippen LogP contribution is 2.28. The van der Waals surface area contributed by atoms with Crippen LogP contribution < -0.4 is 5.32 Å². The highest BCUT2D eigenvalue weighted by Gasteiger charge is 2.40. The van der Waals surface area contributed by atoms with Crippen LogP contribution >= 0.6 is 11.3 Å². The van der Waals surface area contributed by atoms with E-state index in [2.05, 4.69) is 16.9 Å². The summed E-state index contributed by atoms with van der Waals surface area (Å²) in [6.45, 7) is 9.68. The Labute approximate surface area is 216 Å². The highest BCUT2D eigenvalue weighted by atomic mass is 32.1. The molecule has 1 amide bonds. The number of carbonyl (C=O) groups is 2. The lowest BCUT2D eigenvalue weighted by Gasteiger charge is -2.31. The van der Waals surface area contributed by atoms with Gasteiger partial charge in [0.15, 0.2) is 5.78 Å². The topological polar surface area (TPSA) is 103 Å². The largest absolute Gasteiger partial charge is 0.391 e. The number of hydrogen-bond donors (Lipinski definition) is 3. The van der Waals surface area contributed by atoms with Gasteiger partial charge in [-0.2, -0.15) is 0 Å². The van der Waals surface area contributed by atoms with Crippen LogP contribution in [0, 0.1) is 12.8 Å². The zero-order chi connectivity index (χ0) is 26.2. The first-order valence-electron chi connectivity index (χ1n) is 12.1. The molecule has 0 saturated carbocycles. The third kappa shape index (κ3) is 6.85. The first-order chi connectivity index (χ1) is 17.2. The van der Waals surface area contributed by atoms with Crippen molar-refractivity contribution in [2.75, 3.05) is 6.54 Å². The highest BCUT2D eigenvalue weighted by molar-refractivity contribution is 7.13. The Balaban J connectivity index is 1.60. The number of thiazole rings is 1. The quantitative estimate of drug-likeness (QED) is 0.242. The molecule has 3 rings (SSSR count). The second-order valence-corrected chi connectivity index (χ2v) is 9.98. The molecule has 1 aliphatic rings. The summed E-state index contributed by atoms with van der Waals surface area (Å²) in [4.78, 5) is 32.8.